The Bertz CT molecular complexity index is 657. The Morgan fingerprint density at radius 3 is 2.16 bits per heavy atom. The van der Waals surface area contributed by atoms with Gasteiger partial charge < -0.3 is 15.0 Å². The highest BCUT2D eigenvalue weighted by molar-refractivity contribution is 5.92. The van der Waals surface area contributed by atoms with E-state index in [9.17, 15) is 9.18 Å². The molecule has 1 amide bonds. The number of likely N-dealkylation sites (tertiary alicyclic amines) is 2. The number of amides is 1. The van der Waals surface area contributed by atoms with Crippen LogP contribution in [0.15, 0.2) is 24.3 Å². The monoisotopic (exact) mass is 475 g/mol. The predicted octanol–water partition coefficient (Wildman–Crippen LogP) is 4.69. The number of nitrogens with zero attached hydrogens (tertiary/aromatic N) is 2. The van der Waals surface area contributed by atoms with Crippen LogP contribution in [0.25, 0.3) is 0 Å². The number of halogens is 3. The lowest BCUT2D eigenvalue weighted by Gasteiger charge is -2.36. The molecule has 2 heterocycles. The van der Waals surface area contributed by atoms with Crippen molar-refractivity contribution in [2.75, 3.05) is 38.0 Å². The number of carbonyl (C=O) groups is 1. The van der Waals surface area contributed by atoms with Crippen LogP contribution in [-0.2, 0) is 4.79 Å². The zero-order valence-corrected chi connectivity index (χ0v) is 19.8. The van der Waals surface area contributed by atoms with E-state index in [2.05, 4.69) is 10.2 Å². The topological polar surface area (TPSA) is 44.8 Å². The summed E-state index contributed by atoms with van der Waals surface area (Å²) >= 11 is 0. The minimum atomic E-state index is -0.711. The average molecular weight is 476 g/mol. The summed E-state index contributed by atoms with van der Waals surface area (Å²) in [6.07, 6.45) is 8.32. The molecular formula is C23H36Cl2FN3O2. The standard InChI is InChI=1S/C23H34FN3O2.2ClH/c24-18-9-13-26(14-10-18)17-23(28)25-19-5-7-21(8-6-19)29-22-11-15-27(16-12-22)20-3-1-2-4-20;;/h5-8,18,20,22H,1-4,9-17H2,(H,25,28);2*1H. The molecule has 0 radical (unpaired) electrons. The predicted molar refractivity (Wildman–Crippen MR) is 128 cm³/mol. The molecule has 1 aromatic rings. The molecular weight excluding hydrogens is 440 g/mol. The number of hydrogen-bond acceptors (Lipinski definition) is 4. The maximum absolute atomic E-state index is 13.2. The van der Waals surface area contributed by atoms with Gasteiger partial charge in [-0.05, 0) is 62.8 Å². The number of anilines is 1. The first-order valence-corrected chi connectivity index (χ1v) is 11.3. The Morgan fingerprint density at radius 1 is 0.935 bits per heavy atom. The fourth-order valence-electron chi connectivity index (χ4n) is 4.90. The highest BCUT2D eigenvalue weighted by Crippen LogP contribution is 2.27. The molecule has 0 bridgehead atoms. The van der Waals surface area contributed by atoms with E-state index in [4.69, 9.17) is 4.74 Å². The van der Waals surface area contributed by atoms with E-state index < -0.39 is 6.17 Å². The zero-order chi connectivity index (χ0) is 20.1. The van der Waals surface area contributed by atoms with Crippen LogP contribution in [0, 0.1) is 0 Å². The van der Waals surface area contributed by atoms with Crippen LogP contribution in [0.4, 0.5) is 10.1 Å². The van der Waals surface area contributed by atoms with E-state index in [1.54, 1.807) is 0 Å². The summed E-state index contributed by atoms with van der Waals surface area (Å²) in [5.41, 5.74) is 0.777. The van der Waals surface area contributed by atoms with Gasteiger partial charge in [0.25, 0.3) is 0 Å². The highest BCUT2D eigenvalue weighted by Gasteiger charge is 2.27. The molecule has 1 saturated carbocycles. The van der Waals surface area contributed by atoms with Crippen molar-refractivity contribution in [1.82, 2.24) is 9.80 Å². The maximum atomic E-state index is 13.2. The smallest absolute Gasteiger partial charge is 0.238 e. The third-order valence-corrected chi connectivity index (χ3v) is 6.64. The van der Waals surface area contributed by atoms with Crippen LogP contribution in [0.3, 0.4) is 0 Å². The van der Waals surface area contributed by atoms with Crippen LogP contribution >= 0.6 is 24.8 Å². The minimum absolute atomic E-state index is 0. The molecule has 2 aliphatic heterocycles. The molecule has 2 saturated heterocycles. The van der Waals surface area contributed by atoms with Gasteiger partial charge in [0.1, 0.15) is 18.0 Å². The van der Waals surface area contributed by atoms with E-state index in [-0.39, 0.29) is 36.8 Å². The van der Waals surface area contributed by atoms with E-state index in [1.807, 2.05) is 29.2 Å². The average Bonchev–Trinajstić information content (AvgIpc) is 3.27. The first-order valence-electron chi connectivity index (χ1n) is 11.3. The largest absolute Gasteiger partial charge is 0.490 e. The van der Waals surface area contributed by atoms with Gasteiger partial charge in [0, 0.05) is 37.9 Å². The molecule has 0 atom stereocenters. The van der Waals surface area contributed by atoms with Crippen LogP contribution < -0.4 is 10.1 Å². The molecule has 3 aliphatic rings. The Morgan fingerprint density at radius 2 is 1.55 bits per heavy atom. The lowest BCUT2D eigenvalue weighted by atomic mass is 10.0. The summed E-state index contributed by atoms with van der Waals surface area (Å²) < 4.78 is 19.4. The van der Waals surface area contributed by atoms with E-state index >= 15 is 0 Å². The lowest BCUT2D eigenvalue weighted by molar-refractivity contribution is -0.117. The first-order chi connectivity index (χ1) is 14.2. The van der Waals surface area contributed by atoms with Gasteiger partial charge in [0.2, 0.25) is 5.91 Å². The van der Waals surface area contributed by atoms with Gasteiger partial charge in [0.15, 0.2) is 0 Å². The Labute approximate surface area is 197 Å². The molecule has 3 fully saturated rings. The lowest BCUT2D eigenvalue weighted by Crippen LogP contribution is -2.43. The molecule has 176 valence electrons. The van der Waals surface area contributed by atoms with E-state index in [0.29, 0.717) is 32.5 Å². The van der Waals surface area contributed by atoms with E-state index in [0.717, 1.165) is 43.4 Å². The first kappa shape index (κ1) is 26.2. The summed E-state index contributed by atoms with van der Waals surface area (Å²) in [5, 5.41) is 2.93. The van der Waals surface area contributed by atoms with Gasteiger partial charge in [-0.25, -0.2) is 4.39 Å². The third kappa shape index (κ3) is 7.77. The minimum Gasteiger partial charge on any atom is -0.490 e. The number of rotatable bonds is 6. The second kappa shape index (κ2) is 12.8. The van der Waals surface area contributed by atoms with Crippen molar-refractivity contribution in [2.24, 2.45) is 0 Å². The summed E-state index contributed by atoms with van der Waals surface area (Å²) in [5.74, 6) is 0.822. The number of ether oxygens (including phenoxy) is 1. The summed E-state index contributed by atoms with van der Waals surface area (Å²) in [7, 11) is 0. The van der Waals surface area contributed by atoms with Crippen LogP contribution in [0.2, 0.25) is 0 Å². The molecule has 1 aliphatic carbocycles. The molecule has 0 unspecified atom stereocenters. The summed E-state index contributed by atoms with van der Waals surface area (Å²) in [6.45, 7) is 3.92. The van der Waals surface area contributed by atoms with Gasteiger partial charge in [-0.15, -0.1) is 24.8 Å². The molecule has 8 heteroatoms. The van der Waals surface area contributed by atoms with Gasteiger partial charge in [-0.3, -0.25) is 9.69 Å². The number of hydrogen-bond donors (Lipinski definition) is 1. The quantitative estimate of drug-likeness (QED) is 0.647. The van der Waals surface area contributed by atoms with Crippen molar-refractivity contribution in [1.29, 1.82) is 0 Å². The Balaban J connectivity index is 0.00000171. The molecule has 4 rings (SSSR count). The van der Waals surface area contributed by atoms with E-state index in [1.165, 1.54) is 25.7 Å². The van der Waals surface area contributed by atoms with Gasteiger partial charge in [0.05, 0.1) is 6.54 Å². The van der Waals surface area contributed by atoms with Crippen molar-refractivity contribution in [3.63, 3.8) is 0 Å². The second-order valence-electron chi connectivity index (χ2n) is 8.81. The Kier molecular flexibility index (Phi) is 10.8. The molecule has 31 heavy (non-hydrogen) atoms. The summed E-state index contributed by atoms with van der Waals surface area (Å²) in [6, 6.07) is 8.48. The van der Waals surface area contributed by atoms with Crippen LogP contribution in [0.1, 0.15) is 51.4 Å². The number of nitrogens with one attached hydrogen (secondary N) is 1. The van der Waals surface area contributed by atoms with Gasteiger partial charge in [-0.2, -0.15) is 0 Å². The SMILES string of the molecule is Cl.Cl.O=C(CN1CCC(F)CC1)Nc1ccc(OC2CCN(C3CCCC3)CC2)cc1. The molecule has 0 spiro atoms. The van der Waals surface area contributed by atoms with Crippen molar-refractivity contribution in [2.45, 2.75) is 69.7 Å². The fourth-order valence-corrected chi connectivity index (χ4v) is 4.90. The molecule has 0 aromatic heterocycles. The number of piperidine rings is 2. The van der Waals surface area contributed by atoms with Crippen LogP contribution in [0.5, 0.6) is 5.75 Å². The van der Waals surface area contributed by atoms with Crippen molar-refractivity contribution in [3.05, 3.63) is 24.3 Å². The molecule has 5 nitrogen and oxygen atoms in total. The Hall–Kier alpha value is -1.08. The van der Waals surface area contributed by atoms with Gasteiger partial charge >= 0.3 is 0 Å². The molecule has 1 aromatic carbocycles. The maximum Gasteiger partial charge on any atom is 0.238 e. The zero-order valence-electron chi connectivity index (χ0n) is 18.1. The second-order valence-corrected chi connectivity index (χ2v) is 8.81. The number of alkyl halides is 1. The third-order valence-electron chi connectivity index (χ3n) is 6.64. The fraction of sp³-hybridized carbons (Fsp3) is 0.696. The number of carbonyl (C=O) groups excluding carboxylic acids is 1. The van der Waals surface area contributed by atoms with Crippen molar-refractivity contribution < 1.29 is 13.9 Å². The van der Waals surface area contributed by atoms with Gasteiger partial charge in [-0.1, -0.05) is 12.8 Å². The van der Waals surface area contributed by atoms with Crippen molar-refractivity contribution >= 4 is 36.4 Å². The van der Waals surface area contributed by atoms with Crippen molar-refractivity contribution in [3.8, 4) is 5.75 Å². The number of benzene rings is 1. The highest BCUT2D eigenvalue weighted by atomic mass is 35.5. The summed E-state index contributed by atoms with van der Waals surface area (Å²) in [4.78, 5) is 16.9. The van der Waals surface area contributed by atoms with Crippen LogP contribution in [-0.4, -0.2) is 66.7 Å². The normalized spacial score (nSPS) is 21.8. The molecule has 1 N–H and O–H groups in total.